The smallest absolute Gasteiger partial charge is 0.0789 e. The Morgan fingerprint density at radius 1 is 1.11 bits per heavy atom. The molecule has 0 fully saturated rings. The fraction of sp³-hybridized carbons (Fsp3) is 0.429. The molecule has 0 amide bonds. The van der Waals surface area contributed by atoms with Crippen molar-refractivity contribution in [1.82, 2.24) is 5.32 Å². The monoisotopic (exact) mass is 281 g/mol. The van der Waals surface area contributed by atoms with Gasteiger partial charge in [-0.2, -0.15) is 0 Å². The van der Waals surface area contributed by atoms with Gasteiger partial charge in [0.1, 0.15) is 0 Å². The first-order chi connectivity index (χ1) is 8.68. The van der Waals surface area contributed by atoms with Crippen LogP contribution in [0.3, 0.4) is 0 Å². The average molecular weight is 281 g/mol. The van der Waals surface area contributed by atoms with Gasteiger partial charge in [-0.05, 0) is 22.9 Å². The van der Waals surface area contributed by atoms with Crippen molar-refractivity contribution in [2.45, 2.75) is 31.9 Å². The van der Waals surface area contributed by atoms with Crippen LogP contribution in [-0.2, 0) is 0 Å². The molecule has 2 nitrogen and oxygen atoms in total. The van der Waals surface area contributed by atoms with Gasteiger partial charge in [0.05, 0.1) is 12.0 Å². The number of thiophene rings is 2. The van der Waals surface area contributed by atoms with Crippen LogP contribution in [0.5, 0.6) is 0 Å². The van der Waals surface area contributed by atoms with Gasteiger partial charge in [-0.25, -0.2) is 0 Å². The second-order valence-electron chi connectivity index (χ2n) is 4.64. The van der Waals surface area contributed by atoms with Gasteiger partial charge < -0.3 is 10.4 Å². The molecule has 2 rings (SSSR count). The normalized spacial score (nSPS) is 13.4. The molecule has 2 heterocycles. The molecule has 1 unspecified atom stereocenters. The van der Waals surface area contributed by atoms with E-state index in [0.29, 0.717) is 12.6 Å². The van der Waals surface area contributed by atoms with Crippen molar-refractivity contribution in [2.75, 3.05) is 6.54 Å². The van der Waals surface area contributed by atoms with Gasteiger partial charge in [-0.1, -0.05) is 26.0 Å². The maximum absolute atomic E-state index is 10.5. The Morgan fingerprint density at radius 2 is 1.67 bits per heavy atom. The number of hydrogen-bond acceptors (Lipinski definition) is 4. The van der Waals surface area contributed by atoms with Crippen molar-refractivity contribution in [1.29, 1.82) is 0 Å². The predicted molar refractivity (Wildman–Crippen MR) is 79.6 cm³/mol. The zero-order valence-corrected chi connectivity index (χ0v) is 12.3. The summed E-state index contributed by atoms with van der Waals surface area (Å²) in [5.74, 6) is 0.0937. The largest absolute Gasteiger partial charge is 0.391 e. The molecule has 2 aromatic heterocycles. The van der Waals surface area contributed by atoms with E-state index in [4.69, 9.17) is 0 Å². The Hall–Kier alpha value is -0.680. The Bertz CT molecular complexity index is 402. The van der Waals surface area contributed by atoms with Crippen LogP contribution in [0.1, 0.15) is 29.5 Å². The minimum Gasteiger partial charge on any atom is -0.391 e. The van der Waals surface area contributed by atoms with Crippen molar-refractivity contribution in [3.8, 4) is 0 Å². The third-order valence-corrected chi connectivity index (χ3v) is 4.73. The van der Waals surface area contributed by atoms with Gasteiger partial charge in [0.2, 0.25) is 0 Å². The Kier molecular flexibility index (Phi) is 4.95. The third-order valence-electron chi connectivity index (χ3n) is 2.82. The van der Waals surface area contributed by atoms with E-state index in [1.54, 1.807) is 22.7 Å². The van der Waals surface area contributed by atoms with Gasteiger partial charge >= 0.3 is 0 Å². The maximum atomic E-state index is 10.5. The van der Waals surface area contributed by atoms with E-state index in [-0.39, 0.29) is 12.0 Å². The first kappa shape index (κ1) is 13.7. The molecule has 0 saturated carbocycles. The highest BCUT2D eigenvalue weighted by atomic mass is 32.1. The van der Waals surface area contributed by atoms with Gasteiger partial charge in [-0.15, -0.1) is 22.7 Å². The van der Waals surface area contributed by atoms with Crippen molar-refractivity contribution in [2.24, 2.45) is 0 Å². The lowest BCUT2D eigenvalue weighted by molar-refractivity contribution is 0.153. The summed E-state index contributed by atoms with van der Waals surface area (Å²) in [5, 5.41) is 17.9. The van der Waals surface area contributed by atoms with E-state index >= 15 is 0 Å². The van der Waals surface area contributed by atoms with Gasteiger partial charge in [0, 0.05) is 22.3 Å². The summed E-state index contributed by atoms with van der Waals surface area (Å²) < 4.78 is 0. The molecule has 1 atom stereocenters. The van der Waals surface area contributed by atoms with Crippen molar-refractivity contribution in [3.63, 3.8) is 0 Å². The molecule has 4 heteroatoms. The molecule has 0 spiro atoms. The van der Waals surface area contributed by atoms with E-state index in [1.807, 2.05) is 12.1 Å². The minimum absolute atomic E-state index is 0.0937. The molecule has 0 saturated heterocycles. The summed E-state index contributed by atoms with van der Waals surface area (Å²) in [4.78, 5) is 2.46. The van der Waals surface area contributed by atoms with Crippen LogP contribution in [0.15, 0.2) is 35.0 Å². The Labute approximate surface area is 116 Å². The Balaban J connectivity index is 2.15. The highest BCUT2D eigenvalue weighted by Crippen LogP contribution is 2.33. The second kappa shape index (κ2) is 6.48. The van der Waals surface area contributed by atoms with Crippen LogP contribution in [0.25, 0.3) is 0 Å². The van der Waals surface area contributed by atoms with Crippen LogP contribution in [0.4, 0.5) is 0 Å². The first-order valence-electron chi connectivity index (χ1n) is 6.16. The molecule has 0 radical (unpaired) electrons. The summed E-state index contributed by atoms with van der Waals surface area (Å²) in [6, 6.07) is 8.69. The molecular formula is C14H19NOS2. The van der Waals surface area contributed by atoms with Crippen LogP contribution in [-0.4, -0.2) is 23.8 Å². The molecule has 0 aliphatic carbocycles. The molecule has 0 aliphatic rings. The highest BCUT2D eigenvalue weighted by Gasteiger charge is 2.24. The zero-order chi connectivity index (χ0) is 13.0. The summed E-state index contributed by atoms with van der Waals surface area (Å²) in [5.41, 5.74) is 0. The molecule has 98 valence electrons. The minimum atomic E-state index is -0.385. The van der Waals surface area contributed by atoms with Crippen molar-refractivity contribution < 1.29 is 5.11 Å². The van der Waals surface area contributed by atoms with E-state index in [9.17, 15) is 5.11 Å². The van der Waals surface area contributed by atoms with Gasteiger partial charge in [-0.3, -0.25) is 0 Å². The lowest BCUT2D eigenvalue weighted by Crippen LogP contribution is -2.35. The number of nitrogens with one attached hydrogen (secondary N) is 1. The topological polar surface area (TPSA) is 32.3 Å². The fourth-order valence-corrected chi connectivity index (χ4v) is 3.81. The molecule has 18 heavy (non-hydrogen) atoms. The third kappa shape index (κ3) is 3.42. The summed E-state index contributed by atoms with van der Waals surface area (Å²) in [7, 11) is 0. The lowest BCUT2D eigenvalue weighted by Gasteiger charge is -2.22. The van der Waals surface area contributed by atoms with E-state index in [0.717, 1.165) is 0 Å². The number of aliphatic hydroxyl groups excluding tert-OH is 1. The molecule has 2 N–H and O–H groups in total. The van der Waals surface area contributed by atoms with Crippen LogP contribution in [0.2, 0.25) is 0 Å². The standard InChI is InChI=1S/C14H19NOS2/c1-10(2)15-9-11(16)14(12-5-3-7-17-12)13-6-4-8-18-13/h3-8,10-11,14-16H,9H2,1-2H3. The quantitative estimate of drug-likeness (QED) is 0.851. The lowest BCUT2D eigenvalue weighted by atomic mass is 9.98. The van der Waals surface area contributed by atoms with E-state index in [2.05, 4.69) is 42.1 Å². The molecule has 2 aromatic rings. The van der Waals surface area contributed by atoms with Crippen molar-refractivity contribution in [3.05, 3.63) is 44.8 Å². The maximum Gasteiger partial charge on any atom is 0.0789 e. The first-order valence-corrected chi connectivity index (χ1v) is 7.92. The number of hydrogen-bond donors (Lipinski definition) is 2. The van der Waals surface area contributed by atoms with E-state index in [1.165, 1.54) is 9.75 Å². The van der Waals surface area contributed by atoms with Crippen molar-refractivity contribution >= 4 is 22.7 Å². The SMILES string of the molecule is CC(C)NCC(O)C(c1cccs1)c1cccs1. The summed E-state index contributed by atoms with van der Waals surface area (Å²) >= 11 is 3.42. The van der Waals surface area contributed by atoms with Crippen LogP contribution < -0.4 is 5.32 Å². The zero-order valence-electron chi connectivity index (χ0n) is 10.7. The Morgan fingerprint density at radius 3 is 2.06 bits per heavy atom. The number of aliphatic hydroxyl groups is 1. The number of rotatable bonds is 6. The second-order valence-corrected chi connectivity index (χ2v) is 6.60. The van der Waals surface area contributed by atoms with E-state index < -0.39 is 0 Å². The van der Waals surface area contributed by atoms with Crippen LogP contribution >= 0.6 is 22.7 Å². The summed E-state index contributed by atoms with van der Waals surface area (Å²) in [6.45, 7) is 4.81. The average Bonchev–Trinajstić information content (AvgIpc) is 2.99. The molecule has 0 aliphatic heterocycles. The summed E-state index contributed by atoms with van der Waals surface area (Å²) in [6.07, 6.45) is -0.385. The van der Waals surface area contributed by atoms with Gasteiger partial charge in [0.15, 0.2) is 0 Å². The van der Waals surface area contributed by atoms with Gasteiger partial charge in [0.25, 0.3) is 0 Å². The van der Waals surface area contributed by atoms with Crippen LogP contribution in [0, 0.1) is 0 Å². The molecular weight excluding hydrogens is 262 g/mol. The molecule has 0 bridgehead atoms. The highest BCUT2D eigenvalue weighted by molar-refractivity contribution is 7.11. The predicted octanol–water partition coefficient (Wildman–Crippen LogP) is 3.30. The fourth-order valence-electron chi connectivity index (χ4n) is 1.93. The molecule has 0 aromatic carbocycles.